The first kappa shape index (κ1) is 24.8. The minimum absolute atomic E-state index is 0.321. The Morgan fingerprint density at radius 2 is 1.12 bits per heavy atom. The fourth-order valence-corrected chi connectivity index (χ4v) is 11.5. The largest absolute Gasteiger partial charge is 0.462 e. The molecule has 26 heavy (non-hydrogen) atoms. The smallest absolute Gasteiger partial charge is 0.333 e. The Labute approximate surface area is 161 Å². The molecule has 0 rings (SSSR count). The fourth-order valence-electron chi connectivity index (χ4n) is 2.58. The number of hydrogen-bond acceptors (Lipinski definition) is 5. The van der Waals surface area contributed by atoms with Gasteiger partial charge in [0.05, 0.1) is 13.2 Å². The molecular weight excluding hydrogens is 364 g/mol. The van der Waals surface area contributed by atoms with Crippen molar-refractivity contribution in [3.63, 3.8) is 0 Å². The van der Waals surface area contributed by atoms with Crippen molar-refractivity contribution >= 4 is 28.6 Å². The molecule has 7 heteroatoms. The maximum Gasteiger partial charge on any atom is 0.333 e. The van der Waals surface area contributed by atoms with Crippen LogP contribution in [0.5, 0.6) is 0 Å². The first-order valence-electron chi connectivity index (χ1n) is 9.22. The zero-order valence-electron chi connectivity index (χ0n) is 17.4. The summed E-state index contributed by atoms with van der Waals surface area (Å²) in [6.07, 6.45) is 2.65. The average Bonchev–Trinajstić information content (AvgIpc) is 2.49. The second kappa shape index (κ2) is 11.5. The van der Waals surface area contributed by atoms with E-state index in [-0.39, 0.29) is 11.9 Å². The third-order valence-electron chi connectivity index (χ3n) is 3.81. The molecule has 0 unspecified atom stereocenters. The molecule has 0 saturated heterocycles. The van der Waals surface area contributed by atoms with Gasteiger partial charge in [-0.3, -0.25) is 0 Å². The average molecular weight is 401 g/mol. The van der Waals surface area contributed by atoms with E-state index in [4.69, 9.17) is 13.6 Å². The molecule has 0 spiro atoms. The molecule has 150 valence electrons. The predicted octanol–water partition coefficient (Wildman–Crippen LogP) is 4.82. The lowest BCUT2D eigenvalue weighted by Crippen LogP contribution is -2.44. The Balaban J connectivity index is 4.08. The summed E-state index contributed by atoms with van der Waals surface area (Å²) < 4.78 is 16.8. The number of rotatable bonds is 13. The lowest BCUT2D eigenvalue weighted by Gasteiger charge is -2.34. The summed E-state index contributed by atoms with van der Waals surface area (Å²) in [5, 5.41) is 0. The Morgan fingerprint density at radius 1 is 0.731 bits per heavy atom. The Bertz CT molecular complexity index is 512. The van der Waals surface area contributed by atoms with Crippen molar-refractivity contribution in [1.82, 2.24) is 0 Å². The molecule has 5 nitrogen and oxygen atoms in total. The maximum atomic E-state index is 11.4. The van der Waals surface area contributed by atoms with Gasteiger partial charge >= 0.3 is 11.9 Å². The molecule has 0 radical (unpaired) electrons. The van der Waals surface area contributed by atoms with E-state index in [0.29, 0.717) is 24.4 Å². The zero-order chi connectivity index (χ0) is 20.4. The molecule has 0 aromatic heterocycles. The highest BCUT2D eigenvalue weighted by atomic mass is 28.4. The van der Waals surface area contributed by atoms with Gasteiger partial charge < -0.3 is 13.6 Å². The van der Waals surface area contributed by atoms with Crippen LogP contribution >= 0.6 is 0 Å². The molecule has 0 heterocycles. The third-order valence-corrected chi connectivity index (χ3v) is 11.3. The van der Waals surface area contributed by atoms with Crippen LogP contribution in [0.25, 0.3) is 0 Å². The van der Waals surface area contributed by atoms with Crippen molar-refractivity contribution in [1.29, 1.82) is 0 Å². The molecule has 0 saturated carbocycles. The molecule has 0 aliphatic carbocycles. The van der Waals surface area contributed by atoms with Crippen LogP contribution in [0.15, 0.2) is 24.3 Å². The van der Waals surface area contributed by atoms with E-state index in [1.54, 1.807) is 13.8 Å². The summed E-state index contributed by atoms with van der Waals surface area (Å²) in [6, 6.07) is 2.00. The van der Waals surface area contributed by atoms with E-state index in [1.807, 2.05) is 0 Å². The molecule has 0 bridgehead atoms. The van der Waals surface area contributed by atoms with E-state index in [1.165, 1.54) is 0 Å². The molecule has 0 aliphatic heterocycles. The van der Waals surface area contributed by atoms with Crippen molar-refractivity contribution in [3.8, 4) is 0 Å². The number of esters is 2. The molecule has 0 fully saturated rings. The monoisotopic (exact) mass is 400 g/mol. The van der Waals surface area contributed by atoms with Gasteiger partial charge in [-0.15, -0.1) is 0 Å². The molecule has 0 N–H and O–H groups in total. The summed E-state index contributed by atoms with van der Waals surface area (Å²) in [5.41, 5.74) is 0.866. The fraction of sp³-hybridized carbons (Fsp3) is 0.684. The van der Waals surface area contributed by atoms with Crippen LogP contribution in [0.1, 0.15) is 33.1 Å². The van der Waals surface area contributed by atoms with Gasteiger partial charge in [0.1, 0.15) is 0 Å². The summed E-state index contributed by atoms with van der Waals surface area (Å²) in [5.74, 6) is -0.647. The summed E-state index contributed by atoms with van der Waals surface area (Å²) in [7, 11) is -3.54. The Kier molecular flexibility index (Phi) is 11.0. The normalized spacial score (nSPS) is 11.8. The van der Waals surface area contributed by atoms with Gasteiger partial charge in [0, 0.05) is 11.1 Å². The molecule has 0 amide bonds. The lowest BCUT2D eigenvalue weighted by molar-refractivity contribution is -0.139. The Morgan fingerprint density at radius 3 is 1.54 bits per heavy atom. The number of hydrogen-bond donors (Lipinski definition) is 0. The van der Waals surface area contributed by atoms with Crippen molar-refractivity contribution < 1.29 is 23.2 Å². The highest BCUT2D eigenvalue weighted by Gasteiger charge is 2.32. The summed E-state index contributed by atoms with van der Waals surface area (Å²) in [4.78, 5) is 22.7. The van der Waals surface area contributed by atoms with E-state index < -0.39 is 16.6 Å². The second-order valence-electron chi connectivity index (χ2n) is 8.01. The van der Waals surface area contributed by atoms with E-state index in [9.17, 15) is 9.59 Å². The SMILES string of the molecule is C=C(C)C(=O)OCCCC[Si](C)(C)O[Si](C)(C)CCCOC(=O)C(=C)C. The first-order chi connectivity index (χ1) is 11.9. The van der Waals surface area contributed by atoms with Crippen molar-refractivity contribution in [2.45, 2.75) is 71.4 Å². The standard InChI is InChI=1S/C19H36O5Si2/c1-16(2)18(20)22-12-9-10-14-25(5,6)24-26(7,8)15-11-13-23-19(21)17(3)4/h1,3,9-15H2,2,4-8H3. The summed E-state index contributed by atoms with van der Waals surface area (Å²) in [6.45, 7) is 20.2. The van der Waals surface area contributed by atoms with Gasteiger partial charge in [-0.2, -0.15) is 0 Å². The second-order valence-corrected chi connectivity index (χ2v) is 16.9. The molecule has 0 aromatic carbocycles. The van der Waals surface area contributed by atoms with Gasteiger partial charge in [-0.1, -0.05) is 19.6 Å². The van der Waals surface area contributed by atoms with Crippen molar-refractivity contribution in [2.24, 2.45) is 0 Å². The predicted molar refractivity (Wildman–Crippen MR) is 111 cm³/mol. The van der Waals surface area contributed by atoms with E-state index in [0.717, 1.165) is 31.4 Å². The van der Waals surface area contributed by atoms with Crippen LogP contribution in [-0.2, 0) is 23.2 Å². The van der Waals surface area contributed by atoms with Gasteiger partial charge in [0.25, 0.3) is 0 Å². The first-order valence-corrected chi connectivity index (χ1v) is 15.4. The van der Waals surface area contributed by atoms with E-state index >= 15 is 0 Å². The quantitative estimate of drug-likeness (QED) is 0.192. The number of carbonyl (C=O) groups is 2. The zero-order valence-corrected chi connectivity index (χ0v) is 19.4. The topological polar surface area (TPSA) is 61.8 Å². The van der Waals surface area contributed by atoms with Crippen LogP contribution in [-0.4, -0.2) is 41.8 Å². The van der Waals surface area contributed by atoms with Crippen LogP contribution < -0.4 is 0 Å². The van der Waals surface area contributed by atoms with Crippen molar-refractivity contribution in [2.75, 3.05) is 13.2 Å². The maximum absolute atomic E-state index is 11.4. The number of carbonyl (C=O) groups excluding carboxylic acids is 2. The van der Waals surface area contributed by atoms with Crippen molar-refractivity contribution in [3.05, 3.63) is 24.3 Å². The van der Waals surface area contributed by atoms with Gasteiger partial charge in [0.2, 0.25) is 0 Å². The van der Waals surface area contributed by atoms with Gasteiger partial charge in [-0.25, -0.2) is 9.59 Å². The molecular formula is C19H36O5Si2. The number of ether oxygens (including phenoxy) is 2. The summed E-state index contributed by atoms with van der Waals surface area (Å²) >= 11 is 0. The number of unbranched alkanes of at least 4 members (excludes halogenated alkanes) is 1. The minimum atomic E-state index is -1.79. The van der Waals surface area contributed by atoms with Gasteiger partial charge in [-0.05, 0) is 65.0 Å². The van der Waals surface area contributed by atoms with Crippen LogP contribution in [0.2, 0.25) is 38.3 Å². The van der Waals surface area contributed by atoms with Crippen LogP contribution in [0.4, 0.5) is 0 Å². The van der Waals surface area contributed by atoms with Crippen LogP contribution in [0.3, 0.4) is 0 Å². The highest BCUT2D eigenvalue weighted by molar-refractivity contribution is 6.84. The van der Waals surface area contributed by atoms with E-state index in [2.05, 4.69) is 39.3 Å². The molecule has 0 atom stereocenters. The minimum Gasteiger partial charge on any atom is -0.462 e. The molecule has 0 aromatic rings. The highest BCUT2D eigenvalue weighted by Crippen LogP contribution is 2.24. The third kappa shape index (κ3) is 12.2. The Hall–Kier alpha value is -1.19. The van der Waals surface area contributed by atoms with Gasteiger partial charge in [0.15, 0.2) is 16.6 Å². The molecule has 0 aliphatic rings. The lowest BCUT2D eigenvalue weighted by atomic mass is 10.3. The van der Waals surface area contributed by atoms with Crippen LogP contribution in [0, 0.1) is 0 Å².